The minimum absolute atomic E-state index is 0.114. The molecule has 0 saturated heterocycles. The fourth-order valence-corrected chi connectivity index (χ4v) is 4.13. The number of nitrogens with zero attached hydrogens (tertiary/aromatic N) is 2. The largest absolute Gasteiger partial charge is 0.343 e. The van der Waals surface area contributed by atoms with E-state index in [1.54, 1.807) is 30.5 Å². The minimum atomic E-state index is -3.67. The summed E-state index contributed by atoms with van der Waals surface area (Å²) in [5.41, 5.74) is 3.26. The number of rotatable bonds is 3. The van der Waals surface area contributed by atoms with Gasteiger partial charge in [-0.05, 0) is 47.3 Å². The lowest BCUT2D eigenvalue weighted by Gasteiger charge is -2.05. The number of pyridine rings is 1. The van der Waals surface area contributed by atoms with E-state index in [1.807, 2.05) is 0 Å². The molecular weight excluding hydrogens is 394 g/mol. The second-order valence-corrected chi connectivity index (χ2v) is 8.39. The summed E-state index contributed by atoms with van der Waals surface area (Å²) in [7, 11) is -3.67. The highest BCUT2D eigenvalue weighted by Gasteiger charge is 2.11. The molecule has 3 aromatic carbocycles. The van der Waals surface area contributed by atoms with Crippen molar-refractivity contribution in [3.05, 3.63) is 109 Å². The van der Waals surface area contributed by atoms with Crippen molar-refractivity contribution in [3.8, 4) is 0 Å². The second-order valence-electron chi connectivity index (χ2n) is 6.86. The normalized spacial score (nSPS) is 11.2. The summed E-state index contributed by atoms with van der Waals surface area (Å²) in [6, 6.07) is 29.4. The Morgan fingerprint density at radius 3 is 2.37 bits per heavy atom. The van der Waals surface area contributed by atoms with Crippen LogP contribution in [0.3, 0.4) is 0 Å². The summed E-state index contributed by atoms with van der Waals surface area (Å²) in [6.45, 7) is 0.939. The number of aromatic nitrogens is 2. The summed E-state index contributed by atoms with van der Waals surface area (Å²) >= 11 is 0. The van der Waals surface area contributed by atoms with Crippen LogP contribution in [0.15, 0.2) is 108 Å². The molecule has 0 bridgehead atoms. The van der Waals surface area contributed by atoms with Crippen LogP contribution >= 0.6 is 0 Å². The van der Waals surface area contributed by atoms with Gasteiger partial charge in [-0.25, -0.2) is 13.6 Å². The number of sulfonamides is 1. The summed E-state index contributed by atoms with van der Waals surface area (Å²) in [5, 5.41) is 6.92. The smallest absolute Gasteiger partial charge is 0.238 e. The Morgan fingerprint density at radius 2 is 1.57 bits per heavy atom. The Labute approximate surface area is 175 Å². The summed E-state index contributed by atoms with van der Waals surface area (Å²) in [4.78, 5) is 4.15. The van der Waals surface area contributed by atoms with Crippen molar-refractivity contribution in [1.82, 2.24) is 9.55 Å². The van der Waals surface area contributed by atoms with Gasteiger partial charge in [-0.15, -0.1) is 0 Å². The molecule has 150 valence electrons. The summed E-state index contributed by atoms with van der Waals surface area (Å²) < 4.78 is 24.7. The molecule has 0 aliphatic rings. The quantitative estimate of drug-likeness (QED) is 0.469. The van der Waals surface area contributed by atoms with Crippen molar-refractivity contribution >= 4 is 31.8 Å². The third-order valence-electron chi connectivity index (χ3n) is 4.79. The van der Waals surface area contributed by atoms with Crippen molar-refractivity contribution in [1.29, 1.82) is 0 Å². The van der Waals surface area contributed by atoms with Crippen LogP contribution in [0.4, 0.5) is 0 Å². The van der Waals surface area contributed by atoms with E-state index in [9.17, 15) is 8.42 Å². The molecule has 5 aromatic rings. The molecular formula is C24H21N3O2S. The van der Waals surface area contributed by atoms with E-state index in [2.05, 4.69) is 76.4 Å². The molecule has 2 N–H and O–H groups in total. The standard InChI is InChI=1S/C15H13N.C9H8N2O2S/c1-2-6-13(7-3-1)12-16-11-10-14-8-4-5-9-15(14)16;10-14(12,13)9-5-1-4-8-7(9)3-2-6-11-8/h1-11H,12H2;1-6H,(H2,10,12,13). The molecule has 0 aliphatic carbocycles. The first-order chi connectivity index (χ1) is 14.5. The SMILES string of the molecule is NS(=O)(=O)c1cccc2ncccc12.c1ccc(Cn2ccc3ccccc32)cc1. The Morgan fingerprint density at radius 1 is 0.800 bits per heavy atom. The van der Waals surface area contributed by atoms with Crippen LogP contribution in [0.25, 0.3) is 21.8 Å². The molecule has 30 heavy (non-hydrogen) atoms. The Kier molecular flexibility index (Phi) is 5.61. The first-order valence-corrected chi connectivity index (χ1v) is 11.0. The Bertz CT molecular complexity index is 1390. The molecule has 5 rings (SSSR count). The lowest BCUT2D eigenvalue weighted by Crippen LogP contribution is -2.12. The van der Waals surface area contributed by atoms with Crippen LogP contribution in [0.2, 0.25) is 0 Å². The maximum Gasteiger partial charge on any atom is 0.238 e. The average Bonchev–Trinajstić information content (AvgIpc) is 3.17. The van der Waals surface area contributed by atoms with Crippen molar-refractivity contribution in [2.24, 2.45) is 5.14 Å². The molecule has 6 heteroatoms. The molecule has 0 aliphatic heterocycles. The van der Waals surface area contributed by atoms with E-state index >= 15 is 0 Å². The third kappa shape index (κ3) is 4.40. The van der Waals surface area contributed by atoms with Crippen LogP contribution in [-0.4, -0.2) is 18.0 Å². The number of nitrogens with two attached hydrogens (primary N) is 1. The predicted molar refractivity (Wildman–Crippen MR) is 121 cm³/mol. The van der Waals surface area contributed by atoms with E-state index < -0.39 is 10.0 Å². The van der Waals surface area contributed by atoms with Gasteiger partial charge < -0.3 is 4.57 Å². The van der Waals surface area contributed by atoms with Gasteiger partial charge in [0.1, 0.15) is 0 Å². The molecule has 2 heterocycles. The zero-order chi connectivity index (χ0) is 21.0. The first-order valence-electron chi connectivity index (χ1n) is 9.47. The van der Waals surface area contributed by atoms with Gasteiger partial charge in [0, 0.05) is 29.8 Å². The fourth-order valence-electron chi connectivity index (χ4n) is 3.38. The van der Waals surface area contributed by atoms with Crippen LogP contribution in [0.1, 0.15) is 5.56 Å². The van der Waals surface area contributed by atoms with Crippen LogP contribution in [-0.2, 0) is 16.6 Å². The fraction of sp³-hybridized carbons (Fsp3) is 0.0417. The highest BCUT2D eigenvalue weighted by atomic mass is 32.2. The highest BCUT2D eigenvalue weighted by molar-refractivity contribution is 7.89. The van der Waals surface area contributed by atoms with Crippen molar-refractivity contribution in [2.75, 3.05) is 0 Å². The zero-order valence-corrected chi connectivity index (χ0v) is 17.0. The molecule has 0 radical (unpaired) electrons. The number of hydrogen-bond acceptors (Lipinski definition) is 3. The van der Waals surface area contributed by atoms with Crippen LogP contribution < -0.4 is 5.14 Å². The average molecular weight is 416 g/mol. The molecule has 2 aromatic heterocycles. The van der Waals surface area contributed by atoms with Gasteiger partial charge in [-0.3, -0.25) is 4.98 Å². The Hall–Kier alpha value is -3.48. The van der Waals surface area contributed by atoms with Crippen LogP contribution in [0, 0.1) is 0 Å². The summed E-state index contributed by atoms with van der Waals surface area (Å²) in [5.74, 6) is 0. The molecule has 5 nitrogen and oxygen atoms in total. The van der Waals surface area contributed by atoms with Gasteiger partial charge in [-0.1, -0.05) is 54.6 Å². The van der Waals surface area contributed by atoms with Gasteiger partial charge >= 0.3 is 0 Å². The molecule has 0 atom stereocenters. The summed E-state index contributed by atoms with van der Waals surface area (Å²) in [6.07, 6.45) is 3.76. The molecule has 0 unspecified atom stereocenters. The minimum Gasteiger partial charge on any atom is -0.343 e. The van der Waals surface area contributed by atoms with E-state index in [0.29, 0.717) is 10.9 Å². The van der Waals surface area contributed by atoms with Crippen LogP contribution in [0.5, 0.6) is 0 Å². The van der Waals surface area contributed by atoms with E-state index in [-0.39, 0.29) is 4.90 Å². The Balaban J connectivity index is 0.000000147. The van der Waals surface area contributed by atoms with Gasteiger partial charge in [0.2, 0.25) is 10.0 Å². The van der Waals surface area contributed by atoms with Crippen molar-refractivity contribution < 1.29 is 8.42 Å². The second kappa shape index (κ2) is 8.49. The van der Waals surface area contributed by atoms with Gasteiger partial charge in [0.05, 0.1) is 10.4 Å². The lowest BCUT2D eigenvalue weighted by molar-refractivity contribution is 0.598. The van der Waals surface area contributed by atoms with E-state index in [1.165, 1.54) is 22.5 Å². The maximum atomic E-state index is 11.2. The van der Waals surface area contributed by atoms with E-state index in [0.717, 1.165) is 6.54 Å². The van der Waals surface area contributed by atoms with Gasteiger partial charge in [0.15, 0.2) is 0 Å². The molecule has 0 saturated carbocycles. The first kappa shape index (κ1) is 19.8. The maximum absolute atomic E-state index is 11.2. The van der Waals surface area contributed by atoms with E-state index in [4.69, 9.17) is 5.14 Å². The van der Waals surface area contributed by atoms with Crippen molar-refractivity contribution in [2.45, 2.75) is 11.4 Å². The number of para-hydroxylation sites is 1. The number of hydrogen-bond donors (Lipinski definition) is 1. The molecule has 0 spiro atoms. The third-order valence-corrected chi connectivity index (χ3v) is 5.76. The number of primary sulfonamides is 1. The number of benzene rings is 3. The van der Waals surface area contributed by atoms with Gasteiger partial charge in [-0.2, -0.15) is 0 Å². The van der Waals surface area contributed by atoms with Gasteiger partial charge in [0.25, 0.3) is 0 Å². The topological polar surface area (TPSA) is 78.0 Å². The monoisotopic (exact) mass is 415 g/mol. The van der Waals surface area contributed by atoms with Crippen molar-refractivity contribution in [3.63, 3.8) is 0 Å². The highest BCUT2D eigenvalue weighted by Crippen LogP contribution is 2.19. The molecule has 0 fully saturated rings. The zero-order valence-electron chi connectivity index (χ0n) is 16.2. The number of fused-ring (bicyclic) bond motifs is 2. The lowest BCUT2D eigenvalue weighted by atomic mass is 10.2. The molecule has 0 amide bonds. The predicted octanol–water partition coefficient (Wildman–Crippen LogP) is 4.57.